The van der Waals surface area contributed by atoms with Crippen LogP contribution in [0.15, 0.2) is 121 Å². The van der Waals surface area contributed by atoms with Crippen LogP contribution in [0.3, 0.4) is 0 Å². The fourth-order valence-corrected chi connectivity index (χ4v) is 5.53. The van der Waals surface area contributed by atoms with Crippen LogP contribution in [-0.4, -0.2) is 18.4 Å². The molecule has 5 aromatic carbocycles. The van der Waals surface area contributed by atoms with Crippen molar-refractivity contribution in [2.24, 2.45) is 0 Å². The van der Waals surface area contributed by atoms with E-state index in [1.165, 1.54) is 23.3 Å². The van der Waals surface area contributed by atoms with E-state index in [1.54, 1.807) is 48.5 Å². The average molecular weight is 606 g/mol. The van der Waals surface area contributed by atoms with Gasteiger partial charge in [-0.1, -0.05) is 72.8 Å². The zero-order valence-electron chi connectivity index (χ0n) is 24.3. The van der Waals surface area contributed by atoms with Crippen LogP contribution in [0.1, 0.15) is 43.0 Å². The Hall–Kier alpha value is -5.37. The number of alkyl halides is 3. The zero-order valence-corrected chi connectivity index (χ0v) is 24.3. The first kappa shape index (κ1) is 29.7. The number of hydrogen-bond acceptors (Lipinski definition) is 3. The molecule has 226 valence electrons. The standard InChI is InChI=1S/C37H30F3N3O2/c38-37(39,40)30-16-14-27(15-17-30)33-10-3-4-11-34(33)36(45)42-31-9-5-8-28(22-31)35(44)41-23-25-12-18-32(19-13-25)43-21-20-26-6-1-2-7-29(26)24-43/h1-19,22H,20-21,23-24H2,(H,41,44)(H,42,45). The minimum atomic E-state index is -4.45. The third-order valence-corrected chi connectivity index (χ3v) is 7.96. The number of fused-ring (bicyclic) bond motifs is 1. The van der Waals surface area contributed by atoms with Crippen molar-refractivity contribution >= 4 is 23.2 Å². The summed E-state index contributed by atoms with van der Waals surface area (Å²) in [7, 11) is 0. The normalized spacial score (nSPS) is 12.7. The van der Waals surface area contributed by atoms with Crippen LogP contribution in [0.4, 0.5) is 24.5 Å². The number of nitrogens with one attached hydrogen (secondary N) is 2. The molecule has 0 fully saturated rings. The second-order valence-electron chi connectivity index (χ2n) is 10.9. The molecule has 1 heterocycles. The van der Waals surface area contributed by atoms with Crippen LogP contribution in [0.5, 0.6) is 0 Å². The molecule has 8 heteroatoms. The van der Waals surface area contributed by atoms with Gasteiger partial charge in [0.05, 0.1) is 5.56 Å². The molecule has 0 saturated carbocycles. The summed E-state index contributed by atoms with van der Waals surface area (Å²) in [5.74, 6) is -0.728. The zero-order chi connectivity index (χ0) is 31.4. The Morgan fingerprint density at radius 3 is 2.20 bits per heavy atom. The molecule has 45 heavy (non-hydrogen) atoms. The van der Waals surface area contributed by atoms with E-state index in [0.717, 1.165) is 42.9 Å². The number of carbonyl (C=O) groups is 2. The predicted octanol–water partition coefficient (Wildman–Crippen LogP) is 8.12. The lowest BCUT2D eigenvalue weighted by molar-refractivity contribution is -0.137. The van der Waals surface area contributed by atoms with Gasteiger partial charge in [0.15, 0.2) is 0 Å². The van der Waals surface area contributed by atoms with Crippen molar-refractivity contribution in [1.29, 1.82) is 0 Å². The molecule has 0 unspecified atom stereocenters. The first-order valence-corrected chi connectivity index (χ1v) is 14.6. The van der Waals surface area contributed by atoms with Gasteiger partial charge in [0.2, 0.25) is 0 Å². The minimum absolute atomic E-state index is 0.284. The van der Waals surface area contributed by atoms with E-state index in [0.29, 0.717) is 34.5 Å². The minimum Gasteiger partial charge on any atom is -0.367 e. The van der Waals surface area contributed by atoms with Crippen molar-refractivity contribution in [1.82, 2.24) is 5.32 Å². The Labute approximate surface area is 259 Å². The fourth-order valence-electron chi connectivity index (χ4n) is 5.53. The van der Waals surface area contributed by atoms with Crippen LogP contribution in [0.2, 0.25) is 0 Å². The van der Waals surface area contributed by atoms with Crippen molar-refractivity contribution in [3.63, 3.8) is 0 Å². The average Bonchev–Trinajstić information content (AvgIpc) is 3.07. The highest BCUT2D eigenvalue weighted by Gasteiger charge is 2.30. The monoisotopic (exact) mass is 605 g/mol. The van der Waals surface area contributed by atoms with Crippen molar-refractivity contribution in [2.45, 2.75) is 25.7 Å². The molecular weight excluding hydrogens is 575 g/mol. The molecular formula is C37H30F3N3O2. The van der Waals surface area contributed by atoms with Gasteiger partial charge in [0, 0.05) is 42.1 Å². The molecule has 5 nitrogen and oxygen atoms in total. The summed E-state index contributed by atoms with van der Waals surface area (Å²) in [6.45, 7) is 2.18. The number of benzene rings is 5. The molecule has 2 N–H and O–H groups in total. The van der Waals surface area contributed by atoms with Gasteiger partial charge < -0.3 is 15.5 Å². The molecule has 1 aliphatic rings. The predicted molar refractivity (Wildman–Crippen MR) is 170 cm³/mol. The molecule has 0 spiro atoms. The van der Waals surface area contributed by atoms with Gasteiger partial charge in [-0.25, -0.2) is 0 Å². The maximum absolute atomic E-state index is 13.2. The summed E-state index contributed by atoms with van der Waals surface area (Å²) in [5, 5.41) is 5.75. The maximum Gasteiger partial charge on any atom is 0.416 e. The van der Waals surface area contributed by atoms with Crippen LogP contribution >= 0.6 is 0 Å². The second kappa shape index (κ2) is 12.7. The highest BCUT2D eigenvalue weighted by molar-refractivity contribution is 6.09. The van der Waals surface area contributed by atoms with Crippen molar-refractivity contribution in [3.05, 3.63) is 155 Å². The van der Waals surface area contributed by atoms with Gasteiger partial charge in [-0.3, -0.25) is 9.59 Å². The second-order valence-corrected chi connectivity index (χ2v) is 10.9. The molecule has 0 radical (unpaired) electrons. The Kier molecular flexibility index (Phi) is 8.38. The van der Waals surface area contributed by atoms with E-state index in [2.05, 4.69) is 51.9 Å². The van der Waals surface area contributed by atoms with E-state index in [-0.39, 0.29) is 5.91 Å². The third-order valence-electron chi connectivity index (χ3n) is 7.96. The number of rotatable bonds is 7. The number of halogens is 3. The molecule has 0 atom stereocenters. The molecule has 0 aliphatic carbocycles. The van der Waals surface area contributed by atoms with Crippen molar-refractivity contribution in [3.8, 4) is 11.1 Å². The first-order valence-electron chi connectivity index (χ1n) is 14.6. The lowest BCUT2D eigenvalue weighted by Gasteiger charge is -2.30. The summed E-state index contributed by atoms with van der Waals surface area (Å²) in [6.07, 6.45) is -3.43. The van der Waals surface area contributed by atoms with Gasteiger partial charge in [0.25, 0.3) is 11.8 Å². The molecule has 0 bridgehead atoms. The Morgan fingerprint density at radius 2 is 1.44 bits per heavy atom. The molecule has 2 amide bonds. The van der Waals surface area contributed by atoms with E-state index in [4.69, 9.17) is 0 Å². The highest BCUT2D eigenvalue weighted by Crippen LogP contribution is 2.32. The highest BCUT2D eigenvalue weighted by atomic mass is 19.4. The molecule has 5 aromatic rings. The largest absolute Gasteiger partial charge is 0.416 e. The molecule has 1 aliphatic heterocycles. The fraction of sp³-hybridized carbons (Fsp3) is 0.135. The Morgan fingerprint density at radius 1 is 0.733 bits per heavy atom. The van der Waals surface area contributed by atoms with Gasteiger partial charge in [0.1, 0.15) is 0 Å². The number of amides is 2. The van der Waals surface area contributed by atoms with Gasteiger partial charge >= 0.3 is 6.18 Å². The first-order chi connectivity index (χ1) is 21.7. The lowest BCUT2D eigenvalue weighted by atomic mass is 9.98. The van der Waals surface area contributed by atoms with E-state index in [1.807, 2.05) is 12.1 Å². The lowest BCUT2D eigenvalue weighted by Crippen LogP contribution is -2.30. The summed E-state index contributed by atoms with van der Waals surface area (Å²) >= 11 is 0. The number of nitrogens with zero attached hydrogens (tertiary/aromatic N) is 1. The molecule has 0 aromatic heterocycles. The SMILES string of the molecule is O=C(NCc1ccc(N2CCc3ccccc3C2)cc1)c1cccc(NC(=O)c2ccccc2-c2ccc(C(F)(F)F)cc2)c1. The molecule has 6 rings (SSSR count). The number of hydrogen-bond donors (Lipinski definition) is 2. The quantitative estimate of drug-likeness (QED) is 0.197. The van der Waals surface area contributed by atoms with E-state index >= 15 is 0 Å². The van der Waals surface area contributed by atoms with Crippen LogP contribution in [0.25, 0.3) is 11.1 Å². The van der Waals surface area contributed by atoms with E-state index in [9.17, 15) is 22.8 Å². The molecule has 0 saturated heterocycles. The third kappa shape index (κ3) is 6.91. The summed E-state index contributed by atoms with van der Waals surface area (Å²) in [4.78, 5) is 28.6. The Balaban J connectivity index is 1.08. The Bertz CT molecular complexity index is 1830. The van der Waals surface area contributed by atoms with Crippen LogP contribution < -0.4 is 15.5 Å². The summed E-state index contributed by atoms with van der Waals surface area (Å²) in [6, 6.07) is 34.7. The van der Waals surface area contributed by atoms with Gasteiger partial charge in [-0.05, 0) is 82.8 Å². The number of anilines is 2. The topological polar surface area (TPSA) is 61.4 Å². The summed E-state index contributed by atoms with van der Waals surface area (Å²) in [5.41, 5.74) is 6.17. The smallest absolute Gasteiger partial charge is 0.367 e. The van der Waals surface area contributed by atoms with Crippen molar-refractivity contribution < 1.29 is 22.8 Å². The van der Waals surface area contributed by atoms with Gasteiger partial charge in [-0.2, -0.15) is 13.2 Å². The summed E-state index contributed by atoms with van der Waals surface area (Å²) < 4.78 is 39.1. The number of carbonyl (C=O) groups excluding carboxylic acids is 2. The van der Waals surface area contributed by atoms with E-state index < -0.39 is 17.6 Å². The van der Waals surface area contributed by atoms with Gasteiger partial charge in [-0.15, -0.1) is 0 Å². The van der Waals surface area contributed by atoms with Crippen LogP contribution in [-0.2, 0) is 25.7 Å². The maximum atomic E-state index is 13.2. The van der Waals surface area contributed by atoms with Crippen molar-refractivity contribution in [2.75, 3.05) is 16.8 Å². The van der Waals surface area contributed by atoms with Crippen LogP contribution in [0, 0.1) is 0 Å².